The fourth-order valence-electron chi connectivity index (χ4n) is 2.43. The van der Waals surface area contributed by atoms with Crippen LogP contribution in [-0.2, 0) is 0 Å². The van der Waals surface area contributed by atoms with Gasteiger partial charge >= 0.3 is 0 Å². The molecule has 0 aromatic heterocycles. The molecule has 1 atom stereocenters. The van der Waals surface area contributed by atoms with Crippen LogP contribution >= 0.6 is 23.2 Å². The Bertz CT molecular complexity index is 655. The van der Waals surface area contributed by atoms with Gasteiger partial charge in [0.2, 0.25) is 0 Å². The van der Waals surface area contributed by atoms with Crippen LogP contribution in [0, 0.1) is 6.92 Å². The van der Waals surface area contributed by atoms with Crippen molar-refractivity contribution >= 4 is 23.2 Å². The Kier molecular flexibility index (Phi) is 4.27. The second-order valence-corrected chi connectivity index (χ2v) is 5.93. The first-order valence-electron chi connectivity index (χ1n) is 6.95. The third-order valence-electron chi connectivity index (χ3n) is 3.60. The molecule has 0 fully saturated rings. The maximum absolute atomic E-state index is 6.64. The minimum atomic E-state index is -0.309. The zero-order valence-electron chi connectivity index (χ0n) is 11.7. The van der Waals surface area contributed by atoms with Gasteiger partial charge in [-0.3, -0.25) is 0 Å². The van der Waals surface area contributed by atoms with E-state index >= 15 is 0 Å². The SMILES string of the molecule is Cc1ccccc1C(Cl)c1cc2c(cc1Cl)OCCCO2. The maximum atomic E-state index is 6.64. The van der Waals surface area contributed by atoms with Crippen molar-refractivity contribution in [1.29, 1.82) is 0 Å². The number of halogens is 2. The van der Waals surface area contributed by atoms with Gasteiger partial charge in [-0.1, -0.05) is 35.9 Å². The summed E-state index contributed by atoms with van der Waals surface area (Å²) in [5, 5.41) is 0.290. The number of aryl methyl sites for hydroxylation is 1. The van der Waals surface area contributed by atoms with Gasteiger partial charge in [0.1, 0.15) is 0 Å². The summed E-state index contributed by atoms with van der Waals surface area (Å²) >= 11 is 13.0. The molecule has 4 heteroatoms. The average molecular weight is 323 g/mol. The number of benzene rings is 2. The number of rotatable bonds is 2. The fraction of sp³-hybridized carbons (Fsp3) is 0.294. The minimum Gasteiger partial charge on any atom is -0.490 e. The van der Waals surface area contributed by atoms with Crippen LogP contribution in [0.1, 0.15) is 28.5 Å². The largest absolute Gasteiger partial charge is 0.490 e. The van der Waals surface area contributed by atoms with Crippen LogP contribution in [0.4, 0.5) is 0 Å². The smallest absolute Gasteiger partial charge is 0.162 e. The van der Waals surface area contributed by atoms with Gasteiger partial charge < -0.3 is 9.47 Å². The van der Waals surface area contributed by atoms with Crippen molar-refractivity contribution in [2.24, 2.45) is 0 Å². The van der Waals surface area contributed by atoms with E-state index in [-0.39, 0.29) is 5.38 Å². The summed E-state index contributed by atoms with van der Waals surface area (Å²) in [6, 6.07) is 11.7. The molecule has 1 aliphatic rings. The van der Waals surface area contributed by atoms with Crippen molar-refractivity contribution in [3.8, 4) is 11.5 Å². The Hall–Kier alpha value is -1.38. The van der Waals surface area contributed by atoms with Crippen LogP contribution in [0.15, 0.2) is 36.4 Å². The monoisotopic (exact) mass is 322 g/mol. The lowest BCUT2D eigenvalue weighted by Gasteiger charge is -2.17. The summed E-state index contributed by atoms with van der Waals surface area (Å²) in [7, 11) is 0. The summed E-state index contributed by atoms with van der Waals surface area (Å²) in [6.07, 6.45) is 0.865. The molecule has 0 amide bonds. The summed E-state index contributed by atoms with van der Waals surface area (Å²) < 4.78 is 11.4. The number of alkyl halides is 1. The van der Waals surface area contributed by atoms with E-state index in [2.05, 4.69) is 0 Å². The van der Waals surface area contributed by atoms with E-state index in [9.17, 15) is 0 Å². The van der Waals surface area contributed by atoms with Gasteiger partial charge in [0, 0.05) is 17.5 Å². The molecule has 1 aliphatic heterocycles. The number of hydrogen-bond donors (Lipinski definition) is 0. The molecule has 0 aliphatic carbocycles. The lowest BCUT2D eigenvalue weighted by molar-refractivity contribution is 0.297. The van der Waals surface area contributed by atoms with Gasteiger partial charge in [0.25, 0.3) is 0 Å². The second kappa shape index (κ2) is 6.17. The highest BCUT2D eigenvalue weighted by molar-refractivity contribution is 6.33. The minimum absolute atomic E-state index is 0.309. The van der Waals surface area contributed by atoms with Crippen LogP contribution in [-0.4, -0.2) is 13.2 Å². The van der Waals surface area contributed by atoms with Crippen LogP contribution < -0.4 is 9.47 Å². The molecule has 21 heavy (non-hydrogen) atoms. The highest BCUT2D eigenvalue weighted by Gasteiger charge is 2.20. The van der Waals surface area contributed by atoms with Gasteiger partial charge in [-0.15, -0.1) is 11.6 Å². The summed E-state index contributed by atoms with van der Waals surface area (Å²) in [5.41, 5.74) is 3.04. The predicted octanol–water partition coefficient (Wildman–Crippen LogP) is 5.14. The highest BCUT2D eigenvalue weighted by atomic mass is 35.5. The number of hydrogen-bond acceptors (Lipinski definition) is 2. The molecule has 0 N–H and O–H groups in total. The molecule has 2 nitrogen and oxygen atoms in total. The van der Waals surface area contributed by atoms with E-state index in [1.165, 1.54) is 0 Å². The molecule has 2 aromatic carbocycles. The summed E-state index contributed by atoms with van der Waals surface area (Å²) in [6.45, 7) is 3.33. The highest BCUT2D eigenvalue weighted by Crippen LogP contribution is 2.41. The predicted molar refractivity (Wildman–Crippen MR) is 85.9 cm³/mol. The van der Waals surface area contributed by atoms with E-state index in [0.717, 1.165) is 23.1 Å². The lowest BCUT2D eigenvalue weighted by Crippen LogP contribution is -1.99. The fourth-order valence-corrected chi connectivity index (χ4v) is 3.18. The van der Waals surface area contributed by atoms with Crippen molar-refractivity contribution < 1.29 is 9.47 Å². The molecule has 2 aromatic rings. The molecule has 3 rings (SSSR count). The summed E-state index contributed by atoms with van der Waals surface area (Å²) in [4.78, 5) is 0. The van der Waals surface area contributed by atoms with Crippen molar-refractivity contribution in [2.75, 3.05) is 13.2 Å². The Balaban J connectivity index is 2.02. The zero-order chi connectivity index (χ0) is 14.8. The Labute approximate surface area is 134 Å². The molecule has 1 heterocycles. The van der Waals surface area contributed by atoms with Gasteiger partial charge in [0.05, 0.1) is 18.6 Å². The molecule has 0 spiro atoms. The van der Waals surface area contributed by atoms with E-state index in [0.29, 0.717) is 29.7 Å². The molecule has 1 unspecified atom stereocenters. The first-order valence-corrected chi connectivity index (χ1v) is 7.77. The van der Waals surface area contributed by atoms with Gasteiger partial charge in [0.15, 0.2) is 11.5 Å². The van der Waals surface area contributed by atoms with Gasteiger partial charge in [-0.25, -0.2) is 0 Å². The summed E-state index contributed by atoms with van der Waals surface area (Å²) in [5.74, 6) is 1.40. The topological polar surface area (TPSA) is 18.5 Å². The quantitative estimate of drug-likeness (QED) is 0.713. The maximum Gasteiger partial charge on any atom is 0.162 e. The van der Waals surface area contributed by atoms with E-state index in [1.54, 1.807) is 6.07 Å². The van der Waals surface area contributed by atoms with Crippen molar-refractivity contribution in [1.82, 2.24) is 0 Å². The molecule has 0 saturated carbocycles. The van der Waals surface area contributed by atoms with E-state index in [4.69, 9.17) is 32.7 Å². The van der Waals surface area contributed by atoms with Gasteiger partial charge in [-0.2, -0.15) is 0 Å². The standard InChI is InChI=1S/C17H16Cl2O2/c1-11-5-2-3-6-12(11)17(19)13-9-15-16(10-14(13)18)21-8-4-7-20-15/h2-3,5-6,9-10,17H,4,7-8H2,1H3. The first-order chi connectivity index (χ1) is 10.2. The third-order valence-corrected chi connectivity index (χ3v) is 4.40. The van der Waals surface area contributed by atoms with Gasteiger partial charge in [-0.05, 0) is 29.7 Å². The van der Waals surface area contributed by atoms with E-state index < -0.39 is 0 Å². The molecule has 0 radical (unpaired) electrons. The molecule has 0 bridgehead atoms. The molecular weight excluding hydrogens is 307 g/mol. The lowest BCUT2D eigenvalue weighted by atomic mass is 9.99. The Morgan fingerprint density at radius 3 is 2.38 bits per heavy atom. The molecule has 110 valence electrons. The first kappa shape index (κ1) is 14.6. The van der Waals surface area contributed by atoms with Crippen molar-refractivity contribution in [3.63, 3.8) is 0 Å². The third kappa shape index (κ3) is 2.97. The zero-order valence-corrected chi connectivity index (χ0v) is 13.2. The van der Waals surface area contributed by atoms with Crippen molar-refractivity contribution in [2.45, 2.75) is 18.7 Å². The Morgan fingerprint density at radius 1 is 1.00 bits per heavy atom. The molecular formula is C17H16Cl2O2. The normalized spacial score (nSPS) is 15.4. The van der Waals surface area contributed by atoms with Crippen molar-refractivity contribution in [3.05, 3.63) is 58.1 Å². The van der Waals surface area contributed by atoms with Crippen LogP contribution in [0.5, 0.6) is 11.5 Å². The number of ether oxygens (including phenoxy) is 2. The van der Waals surface area contributed by atoms with Crippen LogP contribution in [0.3, 0.4) is 0 Å². The average Bonchev–Trinajstić information content (AvgIpc) is 2.71. The molecule has 0 saturated heterocycles. The number of fused-ring (bicyclic) bond motifs is 1. The Morgan fingerprint density at radius 2 is 1.67 bits per heavy atom. The van der Waals surface area contributed by atoms with Crippen LogP contribution in [0.2, 0.25) is 5.02 Å². The van der Waals surface area contributed by atoms with Crippen LogP contribution in [0.25, 0.3) is 0 Å². The second-order valence-electron chi connectivity index (χ2n) is 5.09. The van der Waals surface area contributed by atoms with E-state index in [1.807, 2.05) is 37.3 Å².